The van der Waals surface area contributed by atoms with Gasteiger partial charge in [0.05, 0.1) is 10.7 Å². The Morgan fingerprint density at radius 2 is 2.12 bits per heavy atom. The fourth-order valence-electron chi connectivity index (χ4n) is 1.54. The molecule has 2 rings (SSSR count). The average Bonchev–Trinajstić information content (AvgIpc) is 2.28. The number of anilines is 1. The number of hydrogen-bond acceptors (Lipinski definition) is 2. The third-order valence-corrected chi connectivity index (χ3v) is 3.15. The van der Waals surface area contributed by atoms with Crippen LogP contribution < -0.4 is 5.32 Å². The Balaban J connectivity index is 2.07. The number of aryl methyl sites for hydroxylation is 1. The number of rotatable bonds is 3. The van der Waals surface area contributed by atoms with Crippen molar-refractivity contribution in [1.29, 1.82) is 0 Å². The first-order valence-electron chi connectivity index (χ1n) is 5.24. The minimum absolute atomic E-state index is 0.708. The molecule has 0 unspecified atom stereocenters. The molecule has 0 saturated carbocycles. The Morgan fingerprint density at radius 3 is 2.82 bits per heavy atom. The van der Waals surface area contributed by atoms with Crippen molar-refractivity contribution in [1.82, 2.24) is 4.98 Å². The lowest BCUT2D eigenvalue weighted by molar-refractivity contribution is 1.10. The van der Waals surface area contributed by atoms with Crippen molar-refractivity contribution in [2.45, 2.75) is 13.5 Å². The van der Waals surface area contributed by atoms with Gasteiger partial charge in [0, 0.05) is 23.4 Å². The number of nitrogens with one attached hydrogen (secondary N) is 1. The SMILES string of the molecule is Cc1cncc(CNc2ccc(Br)cc2Cl)c1. The van der Waals surface area contributed by atoms with E-state index in [2.05, 4.69) is 32.3 Å². The summed E-state index contributed by atoms with van der Waals surface area (Å²) in [5, 5.41) is 4.00. The minimum Gasteiger partial charge on any atom is -0.380 e. The van der Waals surface area contributed by atoms with Crippen LogP contribution in [0.2, 0.25) is 5.02 Å². The maximum atomic E-state index is 6.12. The van der Waals surface area contributed by atoms with Crippen LogP contribution in [0.15, 0.2) is 41.1 Å². The Labute approximate surface area is 114 Å². The van der Waals surface area contributed by atoms with Crippen LogP contribution in [0.3, 0.4) is 0 Å². The molecule has 1 N–H and O–H groups in total. The summed E-state index contributed by atoms with van der Waals surface area (Å²) in [5.41, 5.74) is 3.23. The molecule has 1 aromatic carbocycles. The van der Waals surface area contributed by atoms with Gasteiger partial charge >= 0.3 is 0 Å². The minimum atomic E-state index is 0.708. The van der Waals surface area contributed by atoms with Gasteiger partial charge in [-0.2, -0.15) is 0 Å². The summed E-state index contributed by atoms with van der Waals surface area (Å²) in [4.78, 5) is 4.15. The van der Waals surface area contributed by atoms with Gasteiger partial charge in [-0.25, -0.2) is 0 Å². The molecule has 0 spiro atoms. The van der Waals surface area contributed by atoms with E-state index in [9.17, 15) is 0 Å². The number of pyridine rings is 1. The zero-order valence-corrected chi connectivity index (χ0v) is 11.7. The molecule has 0 fully saturated rings. The molecule has 0 radical (unpaired) electrons. The van der Waals surface area contributed by atoms with Gasteiger partial charge in [-0.15, -0.1) is 0 Å². The first-order valence-corrected chi connectivity index (χ1v) is 6.42. The highest BCUT2D eigenvalue weighted by Crippen LogP contribution is 2.25. The fraction of sp³-hybridized carbons (Fsp3) is 0.154. The van der Waals surface area contributed by atoms with Crippen molar-refractivity contribution in [3.8, 4) is 0 Å². The van der Waals surface area contributed by atoms with Crippen molar-refractivity contribution in [2.75, 3.05) is 5.32 Å². The van der Waals surface area contributed by atoms with Gasteiger partial charge in [-0.1, -0.05) is 33.6 Å². The van der Waals surface area contributed by atoms with Gasteiger partial charge < -0.3 is 5.32 Å². The van der Waals surface area contributed by atoms with E-state index in [-0.39, 0.29) is 0 Å². The molecule has 1 heterocycles. The third kappa shape index (κ3) is 3.45. The summed E-state index contributed by atoms with van der Waals surface area (Å²) in [5.74, 6) is 0. The van der Waals surface area contributed by atoms with E-state index in [0.717, 1.165) is 27.8 Å². The Bertz CT molecular complexity index is 529. The largest absolute Gasteiger partial charge is 0.380 e. The van der Waals surface area contributed by atoms with Gasteiger partial charge in [-0.3, -0.25) is 4.98 Å². The molecular weight excluding hydrogens is 300 g/mol. The highest BCUT2D eigenvalue weighted by molar-refractivity contribution is 9.10. The van der Waals surface area contributed by atoms with Crippen LogP contribution in [0.1, 0.15) is 11.1 Å². The molecule has 0 aliphatic heterocycles. The van der Waals surface area contributed by atoms with Gasteiger partial charge in [0.1, 0.15) is 0 Å². The monoisotopic (exact) mass is 310 g/mol. The lowest BCUT2D eigenvalue weighted by Crippen LogP contribution is -2.00. The number of benzene rings is 1. The first-order chi connectivity index (χ1) is 8.15. The van der Waals surface area contributed by atoms with Crippen LogP contribution in [-0.4, -0.2) is 4.98 Å². The van der Waals surface area contributed by atoms with Crippen molar-refractivity contribution < 1.29 is 0 Å². The van der Waals surface area contributed by atoms with Crippen molar-refractivity contribution in [2.24, 2.45) is 0 Å². The Kier molecular flexibility index (Phi) is 4.02. The second-order valence-corrected chi connectivity index (χ2v) is 5.17. The van der Waals surface area contributed by atoms with E-state index in [1.807, 2.05) is 37.5 Å². The molecular formula is C13H12BrClN2. The maximum Gasteiger partial charge on any atom is 0.0648 e. The molecule has 2 nitrogen and oxygen atoms in total. The van der Waals surface area contributed by atoms with Crippen LogP contribution in [0.5, 0.6) is 0 Å². The van der Waals surface area contributed by atoms with E-state index >= 15 is 0 Å². The normalized spacial score (nSPS) is 10.3. The molecule has 88 valence electrons. The summed E-state index contributed by atoms with van der Waals surface area (Å²) in [6.45, 7) is 2.75. The smallest absolute Gasteiger partial charge is 0.0648 e. The van der Waals surface area contributed by atoms with E-state index < -0.39 is 0 Å². The summed E-state index contributed by atoms with van der Waals surface area (Å²) < 4.78 is 0.977. The second-order valence-electron chi connectivity index (χ2n) is 3.85. The summed E-state index contributed by atoms with van der Waals surface area (Å²) in [6, 6.07) is 7.89. The predicted molar refractivity (Wildman–Crippen MR) is 75.5 cm³/mol. The zero-order chi connectivity index (χ0) is 12.3. The van der Waals surface area contributed by atoms with Crippen LogP contribution >= 0.6 is 27.5 Å². The zero-order valence-electron chi connectivity index (χ0n) is 9.37. The maximum absolute atomic E-state index is 6.12. The third-order valence-electron chi connectivity index (χ3n) is 2.35. The Hall–Kier alpha value is -1.06. The summed E-state index contributed by atoms with van der Waals surface area (Å²) in [7, 11) is 0. The molecule has 17 heavy (non-hydrogen) atoms. The lowest BCUT2D eigenvalue weighted by Gasteiger charge is -2.08. The fourth-order valence-corrected chi connectivity index (χ4v) is 2.28. The van der Waals surface area contributed by atoms with E-state index in [4.69, 9.17) is 11.6 Å². The number of hydrogen-bond donors (Lipinski definition) is 1. The van der Waals surface area contributed by atoms with E-state index in [1.54, 1.807) is 0 Å². The van der Waals surface area contributed by atoms with Crippen molar-refractivity contribution >= 4 is 33.2 Å². The number of aromatic nitrogens is 1. The van der Waals surface area contributed by atoms with Gasteiger partial charge in [0.2, 0.25) is 0 Å². The molecule has 0 amide bonds. The van der Waals surface area contributed by atoms with Crippen molar-refractivity contribution in [3.63, 3.8) is 0 Å². The molecule has 0 aliphatic rings. The van der Waals surface area contributed by atoms with Crippen LogP contribution in [0.25, 0.3) is 0 Å². The average molecular weight is 312 g/mol. The van der Waals surface area contributed by atoms with Gasteiger partial charge in [-0.05, 0) is 36.2 Å². The van der Waals surface area contributed by atoms with E-state index in [0.29, 0.717) is 5.02 Å². The van der Waals surface area contributed by atoms with E-state index in [1.165, 1.54) is 0 Å². The summed E-state index contributed by atoms with van der Waals surface area (Å²) in [6.07, 6.45) is 3.70. The lowest BCUT2D eigenvalue weighted by atomic mass is 10.2. The highest BCUT2D eigenvalue weighted by Gasteiger charge is 2.01. The van der Waals surface area contributed by atoms with Crippen molar-refractivity contribution in [3.05, 3.63) is 57.3 Å². The van der Waals surface area contributed by atoms with Crippen LogP contribution in [0, 0.1) is 6.92 Å². The summed E-state index contributed by atoms with van der Waals surface area (Å²) >= 11 is 9.50. The van der Waals surface area contributed by atoms with Gasteiger partial charge in [0.25, 0.3) is 0 Å². The molecule has 0 saturated heterocycles. The standard InChI is InChI=1S/C13H12BrClN2/c1-9-4-10(7-16-6-9)8-17-13-3-2-11(14)5-12(13)15/h2-7,17H,8H2,1H3. The molecule has 1 aromatic heterocycles. The second kappa shape index (κ2) is 5.52. The Morgan fingerprint density at radius 1 is 1.29 bits per heavy atom. The number of nitrogens with zero attached hydrogens (tertiary/aromatic N) is 1. The number of halogens is 2. The molecule has 0 bridgehead atoms. The molecule has 2 aromatic rings. The van der Waals surface area contributed by atoms with Gasteiger partial charge in [0.15, 0.2) is 0 Å². The quantitative estimate of drug-likeness (QED) is 0.907. The molecule has 0 aliphatic carbocycles. The predicted octanol–water partition coefficient (Wildman–Crippen LogP) is 4.42. The molecule has 0 atom stereocenters. The van der Waals surface area contributed by atoms with Crippen LogP contribution in [0.4, 0.5) is 5.69 Å². The van der Waals surface area contributed by atoms with Crippen LogP contribution in [-0.2, 0) is 6.54 Å². The molecule has 4 heteroatoms. The topological polar surface area (TPSA) is 24.9 Å². The first kappa shape index (κ1) is 12.4. The highest BCUT2D eigenvalue weighted by atomic mass is 79.9.